The lowest BCUT2D eigenvalue weighted by molar-refractivity contribution is 0.0729. The van der Waals surface area contributed by atoms with E-state index in [0.29, 0.717) is 0 Å². The van der Waals surface area contributed by atoms with Gasteiger partial charge in [-0.1, -0.05) is 0 Å². The first-order valence-electron chi connectivity index (χ1n) is 8.35. The molecule has 1 aliphatic carbocycles. The lowest BCUT2D eigenvalue weighted by Crippen LogP contribution is -2.35. The van der Waals surface area contributed by atoms with E-state index < -0.39 is 0 Å². The summed E-state index contributed by atoms with van der Waals surface area (Å²) in [5.74, 6) is 1.13. The summed E-state index contributed by atoms with van der Waals surface area (Å²) in [6.45, 7) is 1.82. The fourth-order valence-electron chi connectivity index (χ4n) is 3.60. The van der Waals surface area contributed by atoms with Gasteiger partial charge >= 0.3 is 0 Å². The van der Waals surface area contributed by atoms with Crippen LogP contribution < -0.4 is 4.74 Å². The third-order valence-electron chi connectivity index (χ3n) is 4.88. The Labute approximate surface area is 140 Å². The van der Waals surface area contributed by atoms with Gasteiger partial charge < -0.3 is 9.64 Å². The summed E-state index contributed by atoms with van der Waals surface area (Å²) in [6, 6.07) is 8.41. The number of methoxy groups -OCH3 is 1. The Morgan fingerprint density at radius 3 is 2.65 bits per heavy atom. The Hall–Kier alpha value is -1.81. The van der Waals surface area contributed by atoms with Gasteiger partial charge in [0.05, 0.1) is 12.0 Å². The molecule has 0 spiro atoms. The molecular formula is C19H21NO2S. The van der Waals surface area contributed by atoms with E-state index in [1.165, 1.54) is 28.0 Å². The summed E-state index contributed by atoms with van der Waals surface area (Å²) in [5.41, 5.74) is 3.93. The molecule has 1 aromatic heterocycles. The van der Waals surface area contributed by atoms with Crippen molar-refractivity contribution in [3.05, 3.63) is 40.3 Å². The number of benzene rings is 1. The molecule has 1 aliphatic heterocycles. The number of nitrogens with zero attached hydrogens (tertiary/aromatic N) is 1. The molecule has 3 nitrogen and oxygen atoms in total. The van der Waals surface area contributed by atoms with Gasteiger partial charge in [0.1, 0.15) is 5.75 Å². The molecule has 2 aromatic rings. The average Bonchev–Trinajstić information content (AvgIpc) is 3.06. The van der Waals surface area contributed by atoms with Crippen molar-refractivity contribution in [2.24, 2.45) is 0 Å². The molecule has 1 aromatic carbocycles. The smallest absolute Gasteiger partial charge is 0.263 e. The summed E-state index contributed by atoms with van der Waals surface area (Å²) in [7, 11) is 1.70. The third-order valence-corrected chi connectivity index (χ3v) is 6.08. The SMILES string of the molecule is COc1ccc2c(c1)CCc1cc(C(=O)N3CCCCC3)sc1-2. The topological polar surface area (TPSA) is 29.5 Å². The van der Waals surface area contributed by atoms with E-state index in [0.717, 1.165) is 49.4 Å². The molecule has 1 saturated heterocycles. The number of ether oxygens (including phenoxy) is 1. The minimum Gasteiger partial charge on any atom is -0.497 e. The van der Waals surface area contributed by atoms with Crippen LogP contribution in [0.1, 0.15) is 40.1 Å². The van der Waals surface area contributed by atoms with Gasteiger partial charge in [0, 0.05) is 18.0 Å². The van der Waals surface area contributed by atoms with Gasteiger partial charge in [-0.25, -0.2) is 0 Å². The Bertz CT molecular complexity index is 744. The number of aryl methyl sites for hydroxylation is 2. The minimum absolute atomic E-state index is 0.221. The molecule has 0 atom stereocenters. The highest BCUT2D eigenvalue weighted by Gasteiger charge is 2.25. The molecule has 23 heavy (non-hydrogen) atoms. The van der Waals surface area contributed by atoms with E-state index in [2.05, 4.69) is 18.2 Å². The van der Waals surface area contributed by atoms with Gasteiger partial charge in [-0.05, 0) is 73.1 Å². The molecule has 4 rings (SSSR count). The molecule has 4 heteroatoms. The number of hydrogen-bond donors (Lipinski definition) is 0. The van der Waals surface area contributed by atoms with Crippen molar-refractivity contribution in [1.29, 1.82) is 0 Å². The van der Waals surface area contributed by atoms with Crippen molar-refractivity contribution >= 4 is 17.2 Å². The van der Waals surface area contributed by atoms with E-state index >= 15 is 0 Å². The van der Waals surface area contributed by atoms with Crippen molar-refractivity contribution in [2.75, 3.05) is 20.2 Å². The molecule has 0 N–H and O–H groups in total. The van der Waals surface area contributed by atoms with Crippen LogP contribution in [0.4, 0.5) is 0 Å². The Kier molecular flexibility index (Phi) is 3.85. The van der Waals surface area contributed by atoms with Crippen LogP contribution in [-0.4, -0.2) is 31.0 Å². The Balaban J connectivity index is 1.67. The highest BCUT2D eigenvalue weighted by molar-refractivity contribution is 7.17. The standard InChI is InChI=1S/C19H21NO2S/c1-22-15-7-8-16-13(11-15)5-6-14-12-17(23-18(14)16)19(21)20-9-3-2-4-10-20/h7-8,11-12H,2-6,9-10H2,1H3. The zero-order valence-electron chi connectivity index (χ0n) is 13.4. The largest absolute Gasteiger partial charge is 0.497 e. The van der Waals surface area contributed by atoms with Crippen molar-refractivity contribution in [1.82, 2.24) is 4.90 Å². The van der Waals surface area contributed by atoms with E-state index in [-0.39, 0.29) is 5.91 Å². The van der Waals surface area contributed by atoms with Gasteiger partial charge in [0.15, 0.2) is 0 Å². The summed E-state index contributed by atoms with van der Waals surface area (Å²) in [5, 5.41) is 0. The van der Waals surface area contributed by atoms with Crippen LogP contribution in [0, 0.1) is 0 Å². The maximum absolute atomic E-state index is 12.7. The van der Waals surface area contributed by atoms with Crippen LogP contribution in [0.2, 0.25) is 0 Å². The lowest BCUT2D eigenvalue weighted by Gasteiger charge is -2.26. The Morgan fingerprint density at radius 2 is 1.87 bits per heavy atom. The fourth-order valence-corrected chi connectivity index (χ4v) is 4.83. The molecule has 0 unspecified atom stereocenters. The second-order valence-corrected chi connectivity index (χ2v) is 7.39. The average molecular weight is 327 g/mol. The van der Waals surface area contributed by atoms with E-state index in [9.17, 15) is 4.79 Å². The van der Waals surface area contributed by atoms with Crippen LogP contribution in [0.5, 0.6) is 5.75 Å². The van der Waals surface area contributed by atoms with Crippen LogP contribution in [0.3, 0.4) is 0 Å². The summed E-state index contributed by atoms with van der Waals surface area (Å²) < 4.78 is 5.33. The normalized spacial score (nSPS) is 16.7. The second-order valence-electron chi connectivity index (χ2n) is 6.34. The molecule has 0 radical (unpaired) electrons. The zero-order chi connectivity index (χ0) is 15.8. The molecule has 2 aliphatic rings. The Morgan fingerprint density at radius 1 is 1.09 bits per heavy atom. The predicted molar refractivity (Wildman–Crippen MR) is 93.5 cm³/mol. The van der Waals surface area contributed by atoms with Gasteiger partial charge in [0.2, 0.25) is 0 Å². The lowest BCUT2D eigenvalue weighted by atomic mass is 9.91. The molecule has 1 fully saturated rings. The third kappa shape index (κ3) is 2.65. The summed E-state index contributed by atoms with van der Waals surface area (Å²) >= 11 is 1.66. The maximum Gasteiger partial charge on any atom is 0.263 e. The minimum atomic E-state index is 0.221. The van der Waals surface area contributed by atoms with Crippen molar-refractivity contribution in [2.45, 2.75) is 32.1 Å². The number of amides is 1. The second kappa shape index (κ2) is 6.00. The highest BCUT2D eigenvalue weighted by Crippen LogP contribution is 2.41. The molecule has 0 saturated carbocycles. The highest BCUT2D eigenvalue weighted by atomic mass is 32.1. The molecule has 0 bridgehead atoms. The molecule has 2 heterocycles. The number of carbonyl (C=O) groups excluding carboxylic acids is 1. The van der Waals surface area contributed by atoms with E-state index in [1.807, 2.05) is 11.0 Å². The predicted octanol–water partition coefficient (Wildman–Crippen LogP) is 4.15. The van der Waals surface area contributed by atoms with Gasteiger partial charge in [-0.3, -0.25) is 4.79 Å². The molecule has 120 valence electrons. The van der Waals surface area contributed by atoms with Crippen LogP contribution in [0.25, 0.3) is 10.4 Å². The van der Waals surface area contributed by atoms with E-state index in [4.69, 9.17) is 4.74 Å². The number of rotatable bonds is 2. The first-order valence-corrected chi connectivity index (χ1v) is 9.17. The zero-order valence-corrected chi connectivity index (χ0v) is 14.2. The first kappa shape index (κ1) is 14.8. The number of hydrogen-bond acceptors (Lipinski definition) is 3. The molecule has 1 amide bonds. The first-order chi connectivity index (χ1) is 11.3. The summed E-state index contributed by atoms with van der Waals surface area (Å²) in [6.07, 6.45) is 5.56. The number of likely N-dealkylation sites (tertiary alicyclic amines) is 1. The van der Waals surface area contributed by atoms with Crippen LogP contribution >= 0.6 is 11.3 Å². The fraction of sp³-hybridized carbons (Fsp3) is 0.421. The molecular weight excluding hydrogens is 306 g/mol. The van der Waals surface area contributed by atoms with Crippen LogP contribution in [-0.2, 0) is 12.8 Å². The quantitative estimate of drug-likeness (QED) is 0.829. The van der Waals surface area contributed by atoms with Crippen molar-refractivity contribution in [3.8, 4) is 16.2 Å². The number of piperidine rings is 1. The maximum atomic E-state index is 12.7. The van der Waals surface area contributed by atoms with E-state index in [1.54, 1.807) is 18.4 Å². The number of fused-ring (bicyclic) bond motifs is 3. The van der Waals surface area contributed by atoms with Crippen LogP contribution in [0.15, 0.2) is 24.3 Å². The number of carbonyl (C=O) groups is 1. The van der Waals surface area contributed by atoms with Gasteiger partial charge in [-0.2, -0.15) is 0 Å². The van der Waals surface area contributed by atoms with Crippen molar-refractivity contribution < 1.29 is 9.53 Å². The van der Waals surface area contributed by atoms with Gasteiger partial charge in [0.25, 0.3) is 5.91 Å². The summed E-state index contributed by atoms with van der Waals surface area (Å²) in [4.78, 5) is 16.9. The van der Waals surface area contributed by atoms with Crippen molar-refractivity contribution in [3.63, 3.8) is 0 Å². The monoisotopic (exact) mass is 327 g/mol. The van der Waals surface area contributed by atoms with Gasteiger partial charge in [-0.15, -0.1) is 11.3 Å². The number of thiophene rings is 1.